The van der Waals surface area contributed by atoms with E-state index in [0.717, 1.165) is 11.3 Å². The highest BCUT2D eigenvalue weighted by Gasteiger charge is 2.06. The summed E-state index contributed by atoms with van der Waals surface area (Å²) in [5.41, 5.74) is 2.07. The van der Waals surface area contributed by atoms with Gasteiger partial charge < -0.3 is 9.84 Å². The summed E-state index contributed by atoms with van der Waals surface area (Å²) in [6.45, 7) is 2.30. The van der Waals surface area contributed by atoms with Gasteiger partial charge in [-0.2, -0.15) is 0 Å². The van der Waals surface area contributed by atoms with E-state index >= 15 is 0 Å². The molecule has 2 nitrogen and oxygen atoms in total. The fourth-order valence-corrected chi connectivity index (χ4v) is 3.12. The van der Waals surface area contributed by atoms with E-state index in [-0.39, 0.29) is 0 Å². The Bertz CT molecular complexity index is 716. The Balaban J connectivity index is 1.78. The van der Waals surface area contributed by atoms with Gasteiger partial charge in [0.15, 0.2) is 0 Å². The first-order valence-corrected chi connectivity index (χ1v) is 7.48. The van der Waals surface area contributed by atoms with Crippen LogP contribution in [0.4, 0.5) is 0 Å². The second kappa shape index (κ2) is 5.65. The maximum Gasteiger partial charge on any atom is 0.120 e. The summed E-state index contributed by atoms with van der Waals surface area (Å²) in [6.07, 6.45) is -0.472. The van der Waals surface area contributed by atoms with E-state index in [4.69, 9.17) is 4.74 Å². The van der Waals surface area contributed by atoms with Gasteiger partial charge in [0.2, 0.25) is 0 Å². The summed E-state index contributed by atoms with van der Waals surface area (Å²) in [5, 5.41) is 13.0. The van der Waals surface area contributed by atoms with Crippen LogP contribution in [0.3, 0.4) is 0 Å². The molecule has 0 aliphatic heterocycles. The first-order valence-electron chi connectivity index (χ1n) is 6.60. The quantitative estimate of drug-likeness (QED) is 0.762. The van der Waals surface area contributed by atoms with Crippen molar-refractivity contribution in [1.29, 1.82) is 0 Å². The number of aliphatic hydroxyl groups is 1. The number of hydrogen-bond donors (Lipinski definition) is 1. The molecule has 0 saturated heterocycles. The van der Waals surface area contributed by atoms with E-state index in [1.807, 2.05) is 30.3 Å². The molecule has 0 radical (unpaired) electrons. The third-order valence-corrected chi connectivity index (χ3v) is 4.31. The minimum absolute atomic E-state index is 0.472. The van der Waals surface area contributed by atoms with Crippen molar-refractivity contribution < 1.29 is 9.84 Å². The molecular weight excluding hydrogens is 268 g/mol. The smallest absolute Gasteiger partial charge is 0.120 e. The van der Waals surface area contributed by atoms with Crippen molar-refractivity contribution in [1.82, 2.24) is 0 Å². The molecule has 0 saturated carbocycles. The van der Waals surface area contributed by atoms with Crippen molar-refractivity contribution in [3.8, 4) is 5.75 Å². The van der Waals surface area contributed by atoms with Gasteiger partial charge in [0.05, 0.1) is 6.10 Å². The van der Waals surface area contributed by atoms with Crippen LogP contribution in [-0.4, -0.2) is 5.11 Å². The predicted molar refractivity (Wildman–Crippen MR) is 83.2 cm³/mol. The first kappa shape index (κ1) is 13.2. The van der Waals surface area contributed by atoms with Gasteiger partial charge in [0.1, 0.15) is 12.4 Å². The van der Waals surface area contributed by atoms with E-state index in [2.05, 4.69) is 23.6 Å². The van der Waals surface area contributed by atoms with Crippen LogP contribution in [0, 0.1) is 0 Å². The largest absolute Gasteiger partial charge is 0.489 e. The topological polar surface area (TPSA) is 29.5 Å². The zero-order valence-corrected chi connectivity index (χ0v) is 12.1. The van der Waals surface area contributed by atoms with Gasteiger partial charge in [-0.05, 0) is 41.5 Å². The Kier molecular flexibility index (Phi) is 3.72. The number of benzene rings is 2. The Morgan fingerprint density at radius 3 is 2.85 bits per heavy atom. The van der Waals surface area contributed by atoms with Crippen LogP contribution in [0.2, 0.25) is 0 Å². The highest BCUT2D eigenvalue weighted by molar-refractivity contribution is 7.17. The average Bonchev–Trinajstić information content (AvgIpc) is 2.89. The lowest BCUT2D eigenvalue weighted by atomic mass is 10.1. The third kappa shape index (κ3) is 2.69. The summed E-state index contributed by atoms with van der Waals surface area (Å²) in [7, 11) is 0. The fourth-order valence-electron chi connectivity index (χ4n) is 2.17. The molecule has 0 spiro atoms. The van der Waals surface area contributed by atoms with Crippen molar-refractivity contribution in [2.24, 2.45) is 0 Å². The standard InChI is InChI=1S/C17H16O2S/c1-12(18)13-5-4-6-15(9-13)19-10-14-11-20-17-8-3-2-7-16(14)17/h2-9,11-12,18H,10H2,1H3/t12-/m0/s1. The lowest BCUT2D eigenvalue weighted by Crippen LogP contribution is -1.96. The van der Waals surface area contributed by atoms with Crippen LogP contribution < -0.4 is 4.74 Å². The third-order valence-electron chi connectivity index (χ3n) is 3.30. The molecule has 0 aliphatic rings. The van der Waals surface area contributed by atoms with Gasteiger partial charge in [-0.3, -0.25) is 0 Å². The highest BCUT2D eigenvalue weighted by Crippen LogP contribution is 2.27. The molecule has 1 atom stereocenters. The van der Waals surface area contributed by atoms with Gasteiger partial charge in [0, 0.05) is 10.3 Å². The average molecular weight is 284 g/mol. The van der Waals surface area contributed by atoms with E-state index < -0.39 is 6.10 Å². The van der Waals surface area contributed by atoms with Crippen LogP contribution >= 0.6 is 11.3 Å². The van der Waals surface area contributed by atoms with Crippen LogP contribution in [0.5, 0.6) is 5.75 Å². The monoisotopic (exact) mass is 284 g/mol. The van der Waals surface area contributed by atoms with Gasteiger partial charge in [-0.25, -0.2) is 0 Å². The molecule has 1 aromatic heterocycles. The maximum absolute atomic E-state index is 9.59. The molecule has 20 heavy (non-hydrogen) atoms. The summed E-state index contributed by atoms with van der Waals surface area (Å²) in [4.78, 5) is 0. The first-order chi connectivity index (χ1) is 9.74. The maximum atomic E-state index is 9.59. The van der Waals surface area contributed by atoms with E-state index in [1.165, 1.54) is 15.6 Å². The molecule has 3 heteroatoms. The van der Waals surface area contributed by atoms with Crippen molar-refractivity contribution in [3.05, 3.63) is 65.0 Å². The van der Waals surface area contributed by atoms with Gasteiger partial charge in [-0.1, -0.05) is 30.3 Å². The molecule has 1 heterocycles. The minimum atomic E-state index is -0.472. The van der Waals surface area contributed by atoms with Crippen LogP contribution in [0.15, 0.2) is 53.9 Å². The second-order valence-corrected chi connectivity index (χ2v) is 5.71. The number of ether oxygens (including phenoxy) is 1. The minimum Gasteiger partial charge on any atom is -0.489 e. The zero-order chi connectivity index (χ0) is 13.9. The second-order valence-electron chi connectivity index (χ2n) is 4.79. The number of thiophene rings is 1. The number of fused-ring (bicyclic) bond motifs is 1. The Morgan fingerprint density at radius 1 is 1.15 bits per heavy atom. The molecule has 3 rings (SSSR count). The SMILES string of the molecule is C[C@H](O)c1cccc(OCc2csc3ccccc23)c1. The fraction of sp³-hybridized carbons (Fsp3) is 0.176. The lowest BCUT2D eigenvalue weighted by molar-refractivity contribution is 0.198. The van der Waals surface area contributed by atoms with Crippen LogP contribution in [0.25, 0.3) is 10.1 Å². The van der Waals surface area contributed by atoms with Crippen molar-refractivity contribution in [2.75, 3.05) is 0 Å². The molecule has 0 fully saturated rings. The summed E-state index contributed by atoms with van der Waals surface area (Å²) in [6, 6.07) is 16.0. The van der Waals surface area contributed by atoms with Gasteiger partial charge in [0.25, 0.3) is 0 Å². The molecule has 0 unspecified atom stereocenters. The molecule has 1 N–H and O–H groups in total. The molecule has 3 aromatic rings. The van der Waals surface area contributed by atoms with E-state index in [9.17, 15) is 5.11 Å². The van der Waals surface area contributed by atoms with E-state index in [1.54, 1.807) is 18.3 Å². The van der Waals surface area contributed by atoms with E-state index in [0.29, 0.717) is 6.61 Å². The summed E-state index contributed by atoms with van der Waals surface area (Å²) in [5.74, 6) is 0.790. The van der Waals surface area contributed by atoms with Crippen LogP contribution in [-0.2, 0) is 6.61 Å². The molecule has 102 valence electrons. The summed E-state index contributed by atoms with van der Waals surface area (Å²) >= 11 is 1.74. The van der Waals surface area contributed by atoms with Crippen molar-refractivity contribution >= 4 is 21.4 Å². The zero-order valence-electron chi connectivity index (χ0n) is 11.2. The van der Waals surface area contributed by atoms with Crippen molar-refractivity contribution in [2.45, 2.75) is 19.6 Å². The number of aliphatic hydroxyl groups excluding tert-OH is 1. The van der Waals surface area contributed by atoms with Crippen LogP contribution in [0.1, 0.15) is 24.2 Å². The predicted octanol–water partition coefficient (Wildman–Crippen LogP) is 4.53. The Hall–Kier alpha value is -1.84. The lowest BCUT2D eigenvalue weighted by Gasteiger charge is -2.09. The molecule has 2 aromatic carbocycles. The van der Waals surface area contributed by atoms with Crippen molar-refractivity contribution in [3.63, 3.8) is 0 Å². The summed E-state index contributed by atoms with van der Waals surface area (Å²) < 4.78 is 7.13. The van der Waals surface area contributed by atoms with Gasteiger partial charge >= 0.3 is 0 Å². The molecule has 0 aliphatic carbocycles. The number of rotatable bonds is 4. The number of hydrogen-bond acceptors (Lipinski definition) is 3. The Labute approximate surface area is 122 Å². The molecule has 0 bridgehead atoms. The van der Waals surface area contributed by atoms with Gasteiger partial charge in [-0.15, -0.1) is 11.3 Å². The normalized spacial score (nSPS) is 12.5. The Morgan fingerprint density at radius 2 is 2.00 bits per heavy atom. The molecular formula is C17H16O2S. The highest BCUT2D eigenvalue weighted by atomic mass is 32.1. The molecule has 0 amide bonds.